The van der Waals surface area contributed by atoms with E-state index in [0.29, 0.717) is 11.4 Å². The van der Waals surface area contributed by atoms with Crippen molar-refractivity contribution < 1.29 is 5.11 Å². The van der Waals surface area contributed by atoms with Crippen molar-refractivity contribution in [3.05, 3.63) is 51.8 Å². The molecule has 1 unspecified atom stereocenters. The first-order valence-electron chi connectivity index (χ1n) is 6.89. The summed E-state index contributed by atoms with van der Waals surface area (Å²) in [5.41, 5.74) is 4.23. The van der Waals surface area contributed by atoms with Crippen LogP contribution in [0.1, 0.15) is 28.9 Å². The van der Waals surface area contributed by atoms with Gasteiger partial charge in [0.25, 0.3) is 0 Å². The predicted octanol–water partition coefficient (Wildman–Crippen LogP) is 3.23. The van der Waals surface area contributed by atoms with Gasteiger partial charge in [-0.25, -0.2) is 0 Å². The van der Waals surface area contributed by atoms with E-state index in [-0.39, 0.29) is 0 Å². The molecule has 0 saturated heterocycles. The number of aromatic nitrogens is 2. The zero-order valence-electron chi connectivity index (χ0n) is 12.2. The van der Waals surface area contributed by atoms with Crippen molar-refractivity contribution in [2.24, 2.45) is 7.05 Å². The summed E-state index contributed by atoms with van der Waals surface area (Å²) in [6.07, 6.45) is 1.74. The van der Waals surface area contributed by atoms with E-state index >= 15 is 0 Å². The fourth-order valence-electron chi connectivity index (χ4n) is 2.32. The molecular weight excluding hydrogens is 272 g/mol. The first-order chi connectivity index (χ1) is 9.47. The SMILES string of the molecule is Cc1ccc(CCC(O)Cc2c(Cl)c(C)nn2C)cc1. The van der Waals surface area contributed by atoms with Crippen LogP contribution in [0.4, 0.5) is 0 Å². The van der Waals surface area contributed by atoms with Gasteiger partial charge in [-0.05, 0) is 32.3 Å². The highest BCUT2D eigenvalue weighted by Gasteiger charge is 2.15. The summed E-state index contributed by atoms with van der Waals surface area (Å²) in [4.78, 5) is 0. The minimum Gasteiger partial charge on any atom is -0.393 e. The number of aliphatic hydroxyl groups is 1. The van der Waals surface area contributed by atoms with Gasteiger partial charge in [-0.2, -0.15) is 5.10 Å². The third-order valence-corrected chi connectivity index (χ3v) is 4.07. The van der Waals surface area contributed by atoms with Crippen LogP contribution < -0.4 is 0 Å². The van der Waals surface area contributed by atoms with Gasteiger partial charge < -0.3 is 5.11 Å². The van der Waals surface area contributed by atoms with Crippen molar-refractivity contribution >= 4 is 11.6 Å². The Morgan fingerprint density at radius 1 is 1.25 bits per heavy atom. The smallest absolute Gasteiger partial charge is 0.0847 e. The van der Waals surface area contributed by atoms with Crippen LogP contribution in [0, 0.1) is 13.8 Å². The van der Waals surface area contributed by atoms with E-state index in [1.54, 1.807) is 4.68 Å². The van der Waals surface area contributed by atoms with Gasteiger partial charge >= 0.3 is 0 Å². The lowest BCUT2D eigenvalue weighted by molar-refractivity contribution is 0.163. The molecule has 2 aromatic rings. The molecule has 0 aliphatic heterocycles. The van der Waals surface area contributed by atoms with Crippen LogP contribution in [0.2, 0.25) is 5.02 Å². The van der Waals surface area contributed by atoms with Crippen molar-refractivity contribution in [1.29, 1.82) is 0 Å². The van der Waals surface area contributed by atoms with E-state index in [0.717, 1.165) is 24.2 Å². The summed E-state index contributed by atoms with van der Waals surface area (Å²) >= 11 is 6.20. The monoisotopic (exact) mass is 292 g/mol. The maximum absolute atomic E-state index is 10.2. The molecule has 0 fully saturated rings. The Balaban J connectivity index is 1.92. The molecule has 0 amide bonds. The van der Waals surface area contributed by atoms with Crippen LogP contribution in [0.25, 0.3) is 0 Å². The molecule has 20 heavy (non-hydrogen) atoms. The summed E-state index contributed by atoms with van der Waals surface area (Å²) in [7, 11) is 1.86. The third kappa shape index (κ3) is 3.62. The predicted molar refractivity (Wildman–Crippen MR) is 82.2 cm³/mol. The van der Waals surface area contributed by atoms with E-state index in [9.17, 15) is 5.11 Å². The molecule has 3 nitrogen and oxygen atoms in total. The van der Waals surface area contributed by atoms with Crippen molar-refractivity contribution in [2.75, 3.05) is 0 Å². The lowest BCUT2D eigenvalue weighted by atomic mass is 10.0. The lowest BCUT2D eigenvalue weighted by Gasteiger charge is -2.11. The average Bonchev–Trinajstić information content (AvgIpc) is 2.65. The standard InChI is InChI=1S/C16H21ClN2O/c1-11-4-6-13(7-5-11)8-9-14(20)10-15-16(17)12(2)18-19(15)3/h4-7,14,20H,8-10H2,1-3H3. The second-order valence-electron chi connectivity index (χ2n) is 5.35. The summed E-state index contributed by atoms with van der Waals surface area (Å²) < 4.78 is 1.76. The van der Waals surface area contributed by atoms with Gasteiger partial charge in [0, 0.05) is 13.5 Å². The van der Waals surface area contributed by atoms with Crippen molar-refractivity contribution in [3.63, 3.8) is 0 Å². The lowest BCUT2D eigenvalue weighted by Crippen LogP contribution is -2.14. The highest BCUT2D eigenvalue weighted by Crippen LogP contribution is 2.21. The molecule has 2 rings (SSSR count). The Morgan fingerprint density at radius 3 is 2.45 bits per heavy atom. The fourth-order valence-corrected chi connectivity index (χ4v) is 2.55. The van der Waals surface area contributed by atoms with Crippen LogP contribution in [0.5, 0.6) is 0 Å². The summed E-state index contributed by atoms with van der Waals surface area (Å²) in [5.74, 6) is 0. The van der Waals surface area contributed by atoms with Gasteiger partial charge in [-0.15, -0.1) is 0 Å². The molecule has 108 valence electrons. The number of nitrogens with zero attached hydrogens (tertiary/aromatic N) is 2. The largest absolute Gasteiger partial charge is 0.393 e. The van der Waals surface area contributed by atoms with Gasteiger partial charge in [0.1, 0.15) is 0 Å². The molecule has 1 heterocycles. The number of rotatable bonds is 5. The maximum atomic E-state index is 10.2. The molecule has 0 spiro atoms. The molecule has 0 aliphatic carbocycles. The van der Waals surface area contributed by atoms with Gasteiger partial charge in [0.05, 0.1) is 22.5 Å². The Morgan fingerprint density at radius 2 is 1.90 bits per heavy atom. The highest BCUT2D eigenvalue weighted by molar-refractivity contribution is 6.31. The van der Waals surface area contributed by atoms with Gasteiger partial charge in [-0.1, -0.05) is 41.4 Å². The fraction of sp³-hybridized carbons (Fsp3) is 0.438. The second kappa shape index (κ2) is 6.42. The Kier molecular flexibility index (Phi) is 4.84. The number of halogens is 1. The number of hydrogen-bond acceptors (Lipinski definition) is 2. The molecule has 1 atom stereocenters. The van der Waals surface area contributed by atoms with E-state index in [1.807, 2.05) is 14.0 Å². The van der Waals surface area contributed by atoms with Crippen LogP contribution in [0.15, 0.2) is 24.3 Å². The molecular formula is C16H21ClN2O. The maximum Gasteiger partial charge on any atom is 0.0847 e. The number of aryl methyl sites for hydroxylation is 4. The normalized spacial score (nSPS) is 12.7. The summed E-state index contributed by atoms with van der Waals surface area (Å²) in [5, 5.41) is 15.1. The Hall–Kier alpha value is -1.32. The van der Waals surface area contributed by atoms with Crippen LogP contribution in [-0.4, -0.2) is 21.0 Å². The van der Waals surface area contributed by atoms with Crippen LogP contribution in [-0.2, 0) is 19.9 Å². The Bertz CT molecular complexity index is 575. The molecule has 0 aliphatic rings. The second-order valence-corrected chi connectivity index (χ2v) is 5.73. The minimum atomic E-state index is -0.399. The quantitative estimate of drug-likeness (QED) is 0.919. The third-order valence-electron chi connectivity index (χ3n) is 3.58. The van der Waals surface area contributed by atoms with E-state index in [4.69, 9.17) is 11.6 Å². The van der Waals surface area contributed by atoms with Crippen molar-refractivity contribution in [3.8, 4) is 0 Å². The number of hydrogen-bond donors (Lipinski definition) is 1. The molecule has 1 aromatic carbocycles. The number of aliphatic hydroxyl groups excluding tert-OH is 1. The zero-order valence-corrected chi connectivity index (χ0v) is 13.0. The zero-order chi connectivity index (χ0) is 14.7. The summed E-state index contributed by atoms with van der Waals surface area (Å²) in [6, 6.07) is 8.43. The average molecular weight is 293 g/mol. The van der Waals surface area contributed by atoms with Gasteiger partial charge in [0.15, 0.2) is 0 Å². The van der Waals surface area contributed by atoms with E-state index in [2.05, 4.69) is 36.3 Å². The topological polar surface area (TPSA) is 38.1 Å². The minimum absolute atomic E-state index is 0.399. The Labute approximate surface area is 125 Å². The van der Waals surface area contributed by atoms with Crippen molar-refractivity contribution in [2.45, 2.75) is 39.2 Å². The molecule has 1 N–H and O–H groups in total. The first kappa shape index (κ1) is 15.1. The molecule has 0 bridgehead atoms. The van der Waals surface area contributed by atoms with Crippen molar-refractivity contribution in [1.82, 2.24) is 9.78 Å². The highest BCUT2D eigenvalue weighted by atomic mass is 35.5. The van der Waals surface area contributed by atoms with Crippen LogP contribution >= 0.6 is 11.6 Å². The molecule has 4 heteroatoms. The van der Waals surface area contributed by atoms with Gasteiger partial charge in [0.2, 0.25) is 0 Å². The molecule has 0 saturated carbocycles. The summed E-state index contributed by atoms with van der Waals surface area (Å²) in [6.45, 7) is 3.95. The first-order valence-corrected chi connectivity index (χ1v) is 7.26. The number of benzene rings is 1. The van der Waals surface area contributed by atoms with E-state index in [1.165, 1.54) is 11.1 Å². The molecule has 0 radical (unpaired) electrons. The molecule has 1 aromatic heterocycles. The van der Waals surface area contributed by atoms with E-state index < -0.39 is 6.10 Å². The van der Waals surface area contributed by atoms with Crippen LogP contribution in [0.3, 0.4) is 0 Å². The van der Waals surface area contributed by atoms with Gasteiger partial charge in [-0.3, -0.25) is 4.68 Å².